The highest BCUT2D eigenvalue weighted by molar-refractivity contribution is 9.10. The van der Waals surface area contributed by atoms with Crippen molar-refractivity contribution in [2.75, 3.05) is 0 Å². The lowest BCUT2D eigenvalue weighted by atomic mass is 9.83. The van der Waals surface area contributed by atoms with Gasteiger partial charge < -0.3 is 9.47 Å². The first-order valence-electron chi connectivity index (χ1n) is 23.0. The normalized spacial score (nSPS) is 14.1. The average molecular weight is 802 g/mol. The molecule has 5 heteroatoms. The third-order valence-corrected chi connectivity index (χ3v) is 10.0. The van der Waals surface area contributed by atoms with Crippen LogP contribution < -0.4 is 9.47 Å². The molecule has 2 heterocycles. The number of pyridine rings is 1. The summed E-state index contributed by atoms with van der Waals surface area (Å²) in [4.78, 5) is 4.82. The summed E-state index contributed by atoms with van der Waals surface area (Å²) in [5.74, 6) is 2.22. The molecule has 0 spiro atoms. The Bertz CT molecular complexity index is 3400. The first kappa shape index (κ1) is 25.6. The van der Waals surface area contributed by atoms with Gasteiger partial charge in [0, 0.05) is 44.7 Å². The number of hydrogen-bond donors (Lipinski definition) is 0. The zero-order chi connectivity index (χ0) is 46.9. The minimum atomic E-state index is -0.538. The van der Waals surface area contributed by atoms with Crippen molar-refractivity contribution in [3.8, 4) is 62.2 Å². The van der Waals surface area contributed by atoms with Crippen LogP contribution in [0.25, 0.3) is 61.0 Å². The van der Waals surface area contributed by atoms with Crippen LogP contribution in [0.5, 0.6) is 23.0 Å². The Morgan fingerprint density at radius 2 is 1.21 bits per heavy atom. The minimum absolute atomic E-state index is 0.0211. The highest BCUT2D eigenvalue weighted by Crippen LogP contribution is 2.44. The Morgan fingerprint density at radius 3 is 1.98 bits per heavy atom. The molecule has 4 nitrogen and oxygen atoms in total. The van der Waals surface area contributed by atoms with E-state index in [0.29, 0.717) is 39.8 Å². The van der Waals surface area contributed by atoms with Gasteiger partial charge in [0.25, 0.3) is 0 Å². The van der Waals surface area contributed by atoms with E-state index in [4.69, 9.17) is 28.2 Å². The molecule has 9 aromatic rings. The van der Waals surface area contributed by atoms with E-state index in [1.54, 1.807) is 42.6 Å². The summed E-state index contributed by atoms with van der Waals surface area (Å²) in [5.41, 5.74) is 3.47. The van der Waals surface area contributed by atoms with Crippen LogP contribution in [0.15, 0.2) is 186 Å². The fourth-order valence-corrected chi connectivity index (χ4v) is 7.22. The van der Waals surface area contributed by atoms with Crippen molar-refractivity contribution in [1.82, 2.24) is 9.55 Å². The minimum Gasteiger partial charge on any atom is -0.457 e. The van der Waals surface area contributed by atoms with Gasteiger partial charge in [-0.05, 0) is 81.8 Å². The quantitative estimate of drug-likeness (QED) is 0.154. The second kappa shape index (κ2) is 14.7. The van der Waals surface area contributed by atoms with Crippen LogP contribution in [-0.4, -0.2) is 9.55 Å². The van der Waals surface area contributed by atoms with Crippen LogP contribution in [0.2, 0.25) is 0 Å². The van der Waals surface area contributed by atoms with Crippen molar-refractivity contribution in [2.24, 2.45) is 0 Å². The Morgan fingerprint density at radius 1 is 0.554 bits per heavy atom. The van der Waals surface area contributed by atoms with Crippen LogP contribution >= 0.6 is 15.9 Å². The third kappa shape index (κ3) is 6.98. The van der Waals surface area contributed by atoms with Crippen molar-refractivity contribution >= 4 is 37.7 Å². The Labute approximate surface area is 349 Å². The number of nitrogens with zero attached hydrogens (tertiary/aromatic N) is 2. The van der Waals surface area contributed by atoms with Crippen molar-refractivity contribution in [2.45, 2.75) is 26.2 Å². The topological polar surface area (TPSA) is 36.3 Å². The number of para-hydroxylation sites is 2. The predicted molar refractivity (Wildman–Crippen MR) is 234 cm³/mol. The van der Waals surface area contributed by atoms with E-state index in [1.807, 2.05) is 104 Å². The number of ether oxygens (including phenoxy) is 2. The molecular formula is C51H39BrN2O2. The van der Waals surface area contributed by atoms with Gasteiger partial charge in [-0.1, -0.05) is 152 Å². The second-order valence-electron chi connectivity index (χ2n) is 14.3. The van der Waals surface area contributed by atoms with E-state index in [9.17, 15) is 0 Å². The molecule has 0 N–H and O–H groups in total. The van der Waals surface area contributed by atoms with Gasteiger partial charge >= 0.3 is 0 Å². The molecule has 0 amide bonds. The van der Waals surface area contributed by atoms with Crippen LogP contribution in [0.1, 0.15) is 40.0 Å². The van der Waals surface area contributed by atoms with Crippen molar-refractivity contribution in [1.29, 1.82) is 0 Å². The molecule has 56 heavy (non-hydrogen) atoms. The smallest absolute Gasteiger partial charge is 0.143 e. The van der Waals surface area contributed by atoms with Crippen LogP contribution in [0.3, 0.4) is 0 Å². The molecule has 0 fully saturated rings. The van der Waals surface area contributed by atoms with Crippen LogP contribution in [0, 0.1) is 0 Å². The van der Waals surface area contributed by atoms with Crippen molar-refractivity contribution in [3.05, 3.63) is 192 Å². The lowest BCUT2D eigenvalue weighted by Gasteiger charge is -2.23. The lowest BCUT2D eigenvalue weighted by molar-refractivity contribution is 0.483. The zero-order valence-corrected chi connectivity index (χ0v) is 32.2. The van der Waals surface area contributed by atoms with Crippen molar-refractivity contribution in [3.63, 3.8) is 0 Å². The van der Waals surface area contributed by atoms with Gasteiger partial charge in [-0.25, -0.2) is 4.98 Å². The molecule has 9 rings (SSSR count). The van der Waals surface area contributed by atoms with E-state index in [0.717, 1.165) is 31.8 Å². The van der Waals surface area contributed by atoms with Crippen LogP contribution in [-0.2, 0) is 5.41 Å². The molecule has 0 aliphatic carbocycles. The van der Waals surface area contributed by atoms with Gasteiger partial charge in [0.2, 0.25) is 0 Å². The second-order valence-corrected chi connectivity index (χ2v) is 15.2. The predicted octanol–water partition coefficient (Wildman–Crippen LogP) is 14.8. The molecule has 0 saturated carbocycles. The molecular weight excluding hydrogens is 752 g/mol. The van der Waals surface area contributed by atoms with Gasteiger partial charge in [-0.15, -0.1) is 0 Å². The maximum Gasteiger partial charge on any atom is 0.143 e. The summed E-state index contributed by atoms with van der Waals surface area (Å²) in [5, 5.41) is 1.94. The van der Waals surface area contributed by atoms with Crippen LogP contribution in [0.4, 0.5) is 0 Å². The number of fused-ring (bicyclic) bond motifs is 3. The SMILES string of the molecule is [2H]c1c([2H])c([2H])c(-c2cc(-c3cccc(-c4c([2H])c([2H])c([2H])c([2H])c4[2H])c3Oc3ccnc(-n4c5ccccc5c5ccc(Oc6cccc(Br)c6)cc54)c3)cc(C(C)(C)C)c2)c([2H])c1[2H]. The van der Waals surface area contributed by atoms with Gasteiger partial charge in [-0.2, -0.15) is 0 Å². The number of hydrogen-bond acceptors (Lipinski definition) is 3. The van der Waals surface area contributed by atoms with E-state index in [-0.39, 0.29) is 34.5 Å². The molecule has 2 aromatic heterocycles. The fourth-order valence-electron chi connectivity index (χ4n) is 6.84. The van der Waals surface area contributed by atoms with Gasteiger partial charge in [-0.3, -0.25) is 4.57 Å². The Balaban J connectivity index is 1.27. The fraction of sp³-hybridized carbons (Fsp3) is 0.0784. The molecule has 0 saturated heterocycles. The maximum atomic E-state index is 9.03. The Hall–Kier alpha value is -6.43. The van der Waals surface area contributed by atoms with E-state index < -0.39 is 53.8 Å². The largest absolute Gasteiger partial charge is 0.457 e. The third-order valence-electron chi connectivity index (χ3n) is 9.53. The number of halogens is 1. The zero-order valence-electron chi connectivity index (χ0n) is 40.6. The first-order valence-corrected chi connectivity index (χ1v) is 18.8. The molecule has 0 radical (unpaired) electrons. The Kier molecular flexibility index (Phi) is 6.71. The summed E-state index contributed by atoms with van der Waals surface area (Å²) in [6.07, 6.45) is 1.61. The van der Waals surface area contributed by atoms with Gasteiger partial charge in [0.1, 0.15) is 28.8 Å². The molecule has 0 aliphatic heterocycles. The molecule has 7 aromatic carbocycles. The van der Waals surface area contributed by atoms with E-state index in [2.05, 4.69) is 15.9 Å². The molecule has 272 valence electrons. The summed E-state index contributed by atoms with van der Waals surface area (Å²) in [6.45, 7) is 6.00. The van der Waals surface area contributed by atoms with Crippen molar-refractivity contribution < 1.29 is 23.2 Å². The number of benzene rings is 7. The number of rotatable bonds is 8. The summed E-state index contributed by atoms with van der Waals surface area (Å²) >= 11 is 3.52. The molecule has 0 atom stereocenters. The van der Waals surface area contributed by atoms with Gasteiger partial charge in [0.15, 0.2) is 0 Å². The lowest BCUT2D eigenvalue weighted by Crippen LogP contribution is -2.11. The van der Waals surface area contributed by atoms with Gasteiger partial charge in [0.05, 0.1) is 24.7 Å². The highest BCUT2D eigenvalue weighted by Gasteiger charge is 2.21. The monoisotopic (exact) mass is 800 g/mol. The maximum absolute atomic E-state index is 9.03. The number of aromatic nitrogens is 2. The van der Waals surface area contributed by atoms with E-state index >= 15 is 0 Å². The van der Waals surface area contributed by atoms with E-state index in [1.165, 1.54) is 0 Å². The standard InChI is InChI=1S/C51H39BrN2O2/c1-51(2,3)38-29-36(34-14-6-4-7-15-34)28-37(30-38)44-22-13-21-43(35-16-8-5-9-17-35)50(44)56-42-26-27-53-49(33-42)54-47-23-11-10-20-45(47)46-25-24-41(32-48(46)54)55-40-19-12-18-39(52)31-40/h4-33H,1-3H3/i4D,5D,6D,7D,8D,9D,14D,15D,16D,17D. The molecule has 0 aliphatic rings. The first-order chi connectivity index (χ1) is 31.4. The summed E-state index contributed by atoms with van der Waals surface area (Å²) < 4.78 is 103. The average Bonchev–Trinajstić information content (AvgIpc) is 3.62. The summed E-state index contributed by atoms with van der Waals surface area (Å²) in [7, 11) is 0. The molecule has 0 unspecified atom stereocenters. The summed E-state index contributed by atoms with van der Waals surface area (Å²) in [6, 6.07) is 30.9. The highest BCUT2D eigenvalue weighted by atomic mass is 79.9. The molecule has 0 bridgehead atoms.